The molecule has 0 unspecified atom stereocenters. The van der Waals surface area contributed by atoms with Crippen molar-refractivity contribution < 1.29 is 19.4 Å². The highest BCUT2D eigenvalue weighted by Gasteiger charge is 2.32. The second kappa shape index (κ2) is 7.84. The van der Waals surface area contributed by atoms with E-state index in [4.69, 9.17) is 4.74 Å². The van der Waals surface area contributed by atoms with Crippen molar-refractivity contribution in [3.8, 4) is 0 Å². The molecule has 1 aromatic heterocycles. The van der Waals surface area contributed by atoms with Gasteiger partial charge in [0.2, 0.25) is 0 Å². The van der Waals surface area contributed by atoms with Crippen LogP contribution in [0.3, 0.4) is 0 Å². The first kappa shape index (κ1) is 19.2. The first-order valence-electron chi connectivity index (χ1n) is 7.87. The van der Waals surface area contributed by atoms with Crippen molar-refractivity contribution >= 4 is 39.3 Å². The van der Waals surface area contributed by atoms with Crippen molar-refractivity contribution in [2.45, 2.75) is 38.8 Å². The molecule has 0 saturated carbocycles. The molecule has 1 aliphatic heterocycles. The van der Waals surface area contributed by atoms with E-state index in [1.165, 1.54) is 11.3 Å². The minimum atomic E-state index is -0.866. The number of hydrogen-bond donors (Lipinski definition) is 1. The van der Waals surface area contributed by atoms with Crippen LogP contribution in [0.2, 0.25) is 0 Å². The Morgan fingerprint density at radius 1 is 1.25 bits per heavy atom. The van der Waals surface area contributed by atoms with Crippen LogP contribution in [0.25, 0.3) is 0 Å². The first-order valence-corrected chi connectivity index (χ1v) is 9.48. The Morgan fingerprint density at radius 3 is 2.50 bits per heavy atom. The molecule has 0 spiro atoms. The molecule has 1 aliphatic rings. The van der Waals surface area contributed by atoms with Gasteiger partial charge in [0.1, 0.15) is 11.6 Å². The Labute approximate surface area is 154 Å². The van der Waals surface area contributed by atoms with Gasteiger partial charge < -0.3 is 14.7 Å². The average molecular weight is 419 g/mol. The molecule has 0 radical (unpaired) electrons. The van der Waals surface area contributed by atoms with Crippen LogP contribution >= 0.6 is 27.3 Å². The molecule has 2 heterocycles. The second-order valence-corrected chi connectivity index (χ2v) is 9.23. The third kappa shape index (κ3) is 5.19. The first-order chi connectivity index (χ1) is 11.2. The molecule has 1 saturated heterocycles. The summed E-state index contributed by atoms with van der Waals surface area (Å²) in [6.45, 7) is 7.69. The van der Waals surface area contributed by atoms with Crippen LogP contribution in [0, 0.1) is 0 Å². The number of thiophene rings is 1. The molecule has 1 fully saturated rings. The highest BCUT2D eigenvalue weighted by molar-refractivity contribution is 9.11. The number of halogens is 1. The molecule has 0 aliphatic carbocycles. The van der Waals surface area contributed by atoms with Crippen LogP contribution in [0.5, 0.6) is 0 Å². The topological polar surface area (TPSA) is 70.1 Å². The van der Waals surface area contributed by atoms with Gasteiger partial charge in [0.25, 0.3) is 0 Å². The second-order valence-electron chi connectivity index (χ2n) is 6.74. The summed E-state index contributed by atoms with van der Waals surface area (Å²) in [6, 6.07) is 3.02. The van der Waals surface area contributed by atoms with Gasteiger partial charge in [-0.15, -0.1) is 11.3 Å². The molecular formula is C16H23BrN2O4S. The summed E-state index contributed by atoms with van der Waals surface area (Å²) in [6.07, 6.45) is 0.380. The third-order valence-corrected chi connectivity index (χ3v) is 5.32. The van der Waals surface area contributed by atoms with Crippen LogP contribution < -0.4 is 0 Å². The van der Waals surface area contributed by atoms with E-state index in [0.29, 0.717) is 26.2 Å². The van der Waals surface area contributed by atoms with Gasteiger partial charge in [0.15, 0.2) is 0 Å². The zero-order chi connectivity index (χ0) is 17.9. The number of hydrogen-bond acceptors (Lipinski definition) is 5. The molecule has 2 rings (SSSR count). The minimum absolute atomic E-state index is 0.338. The van der Waals surface area contributed by atoms with Gasteiger partial charge in [-0.2, -0.15) is 0 Å². The monoisotopic (exact) mass is 418 g/mol. The van der Waals surface area contributed by atoms with Crippen molar-refractivity contribution in [2.24, 2.45) is 0 Å². The summed E-state index contributed by atoms with van der Waals surface area (Å²) < 4.78 is 6.32. The molecule has 1 N–H and O–H groups in total. The zero-order valence-corrected chi connectivity index (χ0v) is 16.5. The van der Waals surface area contributed by atoms with Crippen molar-refractivity contribution in [2.75, 3.05) is 26.2 Å². The van der Waals surface area contributed by atoms with Crippen LogP contribution in [0.4, 0.5) is 4.79 Å². The van der Waals surface area contributed by atoms with Gasteiger partial charge in [0, 0.05) is 31.1 Å². The van der Waals surface area contributed by atoms with E-state index in [2.05, 4.69) is 15.9 Å². The van der Waals surface area contributed by atoms with Crippen LogP contribution in [-0.2, 0) is 9.53 Å². The highest BCUT2D eigenvalue weighted by Crippen LogP contribution is 2.31. The van der Waals surface area contributed by atoms with Crippen molar-refractivity contribution in [1.82, 2.24) is 9.80 Å². The third-order valence-electron chi connectivity index (χ3n) is 3.64. The number of carbonyl (C=O) groups is 2. The van der Waals surface area contributed by atoms with E-state index in [1.54, 1.807) is 4.90 Å². The number of amides is 1. The normalized spacial score (nSPS) is 18.1. The maximum Gasteiger partial charge on any atom is 0.410 e. The molecular weight excluding hydrogens is 396 g/mol. The van der Waals surface area contributed by atoms with E-state index >= 15 is 0 Å². The fourth-order valence-corrected chi connectivity index (χ4v) is 4.19. The number of ether oxygens (including phenoxy) is 1. The molecule has 8 heteroatoms. The molecule has 1 atom stereocenters. The van der Waals surface area contributed by atoms with Crippen LogP contribution in [0.15, 0.2) is 15.9 Å². The van der Waals surface area contributed by atoms with Gasteiger partial charge in [-0.05, 0) is 55.3 Å². The average Bonchev–Trinajstić information content (AvgIpc) is 2.71. The summed E-state index contributed by atoms with van der Waals surface area (Å²) >= 11 is 4.81. The lowest BCUT2D eigenvalue weighted by Crippen LogP contribution is -2.40. The Kier molecular flexibility index (Phi) is 6.28. The Hall–Kier alpha value is -1.12. The Bertz CT molecular complexity index is 599. The molecule has 6 nitrogen and oxygen atoms in total. The lowest BCUT2D eigenvalue weighted by Gasteiger charge is -2.28. The molecule has 0 bridgehead atoms. The summed E-state index contributed by atoms with van der Waals surface area (Å²) in [7, 11) is 0. The van der Waals surface area contributed by atoms with Gasteiger partial charge in [0.05, 0.1) is 3.79 Å². The highest BCUT2D eigenvalue weighted by atomic mass is 79.9. The van der Waals surface area contributed by atoms with Gasteiger partial charge in [-0.25, -0.2) is 4.79 Å². The maximum atomic E-state index is 12.2. The van der Waals surface area contributed by atoms with Crippen LogP contribution in [-0.4, -0.2) is 58.7 Å². The van der Waals surface area contributed by atoms with E-state index in [0.717, 1.165) is 15.1 Å². The Balaban J connectivity index is 2.06. The number of nitrogens with zero attached hydrogens (tertiary/aromatic N) is 2. The van der Waals surface area contributed by atoms with E-state index in [9.17, 15) is 14.7 Å². The zero-order valence-electron chi connectivity index (χ0n) is 14.1. The predicted molar refractivity (Wildman–Crippen MR) is 96.4 cm³/mol. The summed E-state index contributed by atoms with van der Waals surface area (Å²) in [5.74, 6) is -0.866. The largest absolute Gasteiger partial charge is 0.480 e. The van der Waals surface area contributed by atoms with Crippen molar-refractivity contribution in [1.29, 1.82) is 0 Å². The Morgan fingerprint density at radius 2 is 1.96 bits per heavy atom. The van der Waals surface area contributed by atoms with Crippen molar-refractivity contribution in [3.05, 3.63) is 20.8 Å². The van der Waals surface area contributed by atoms with E-state index in [1.807, 2.05) is 37.8 Å². The summed E-state index contributed by atoms with van der Waals surface area (Å²) in [5.41, 5.74) is -0.532. The smallest absolute Gasteiger partial charge is 0.410 e. The van der Waals surface area contributed by atoms with Crippen LogP contribution in [0.1, 0.15) is 38.1 Å². The van der Waals surface area contributed by atoms with Gasteiger partial charge >= 0.3 is 12.1 Å². The number of carboxylic acid groups (broad SMARTS) is 1. The molecule has 0 aromatic carbocycles. The lowest BCUT2D eigenvalue weighted by molar-refractivity contribution is -0.143. The van der Waals surface area contributed by atoms with Gasteiger partial charge in [-0.1, -0.05) is 0 Å². The minimum Gasteiger partial charge on any atom is -0.480 e. The molecule has 1 aromatic rings. The van der Waals surface area contributed by atoms with Gasteiger partial charge in [-0.3, -0.25) is 9.69 Å². The molecule has 134 valence electrons. The number of carbonyl (C=O) groups excluding carboxylic acids is 1. The lowest BCUT2D eigenvalue weighted by atomic mass is 10.2. The number of rotatable bonds is 3. The fourth-order valence-electron chi connectivity index (χ4n) is 2.64. The summed E-state index contributed by atoms with van der Waals surface area (Å²) in [5, 5.41) is 9.65. The maximum absolute atomic E-state index is 12.2. The molecule has 24 heavy (non-hydrogen) atoms. The number of aliphatic carboxylic acids is 1. The SMILES string of the molecule is CC(C)(C)OC(=O)N1CCCN([C@H](C(=O)O)c2ccc(Br)s2)CC1. The van der Waals surface area contributed by atoms with E-state index in [-0.39, 0.29) is 6.09 Å². The van der Waals surface area contributed by atoms with Crippen molar-refractivity contribution in [3.63, 3.8) is 0 Å². The predicted octanol–water partition coefficient (Wildman–Crippen LogP) is 3.58. The summed E-state index contributed by atoms with van der Waals surface area (Å²) in [4.78, 5) is 28.4. The number of carboxylic acids is 1. The fraction of sp³-hybridized carbons (Fsp3) is 0.625. The van der Waals surface area contributed by atoms with E-state index < -0.39 is 17.6 Å². The quantitative estimate of drug-likeness (QED) is 0.811. The standard InChI is InChI=1S/C16H23BrN2O4S/c1-16(2,3)23-15(22)19-8-4-7-18(9-10-19)13(14(20)21)11-5-6-12(17)24-11/h5-6,13H,4,7-10H2,1-3H3,(H,20,21)/t13-/m0/s1. The molecule has 1 amide bonds.